The number of ketones is 2. The van der Waals surface area contributed by atoms with E-state index in [4.69, 9.17) is 4.74 Å². The predicted octanol–water partition coefficient (Wildman–Crippen LogP) is 4.54. The summed E-state index contributed by atoms with van der Waals surface area (Å²) in [7, 11) is 0. The Kier molecular flexibility index (Phi) is 5.11. The SMILES string of the molecule is CCc1ccc(-c2ccc(C=O)cc2)cc1C1C(=O)C(C)(C)OC(C)(C)C1=O. The Bertz CT molecular complexity index is 910. The minimum Gasteiger partial charge on any atom is -0.354 e. The van der Waals surface area contributed by atoms with Gasteiger partial charge in [-0.1, -0.05) is 43.3 Å². The first-order chi connectivity index (χ1) is 13.1. The maximum Gasteiger partial charge on any atom is 0.179 e. The first-order valence-corrected chi connectivity index (χ1v) is 9.58. The number of aldehydes is 1. The van der Waals surface area contributed by atoms with Gasteiger partial charge in [0.1, 0.15) is 23.4 Å². The number of carbonyl (C=O) groups excluding carboxylic acids is 3. The molecule has 0 aromatic heterocycles. The lowest BCUT2D eigenvalue weighted by molar-refractivity contribution is -0.184. The highest BCUT2D eigenvalue weighted by molar-refractivity contribution is 6.15. The Labute approximate surface area is 165 Å². The van der Waals surface area contributed by atoms with Gasteiger partial charge in [0.25, 0.3) is 0 Å². The molecule has 0 unspecified atom stereocenters. The summed E-state index contributed by atoms with van der Waals surface area (Å²) in [6.45, 7) is 8.92. The first kappa shape index (κ1) is 20.2. The van der Waals surface area contributed by atoms with Gasteiger partial charge in [0.2, 0.25) is 0 Å². The van der Waals surface area contributed by atoms with E-state index in [0.717, 1.165) is 35.0 Å². The van der Waals surface area contributed by atoms with Crippen molar-refractivity contribution in [3.8, 4) is 11.1 Å². The molecule has 0 aliphatic carbocycles. The highest BCUT2D eigenvalue weighted by Gasteiger charge is 2.53. The normalized spacial score (nSPS) is 18.9. The molecule has 0 bridgehead atoms. The fourth-order valence-electron chi connectivity index (χ4n) is 3.95. The third-order valence-corrected chi connectivity index (χ3v) is 5.44. The van der Waals surface area contributed by atoms with Gasteiger partial charge in [-0.25, -0.2) is 0 Å². The first-order valence-electron chi connectivity index (χ1n) is 9.58. The standard InChI is InChI=1S/C24H26O4/c1-6-16-11-12-18(17-9-7-15(14-25)8-10-17)13-19(16)20-21(26)23(2,3)28-24(4,5)22(20)27/h7-14,20H,6H2,1-5H3. The van der Waals surface area contributed by atoms with Crippen LogP contribution in [0.4, 0.5) is 0 Å². The molecule has 0 spiro atoms. The van der Waals surface area contributed by atoms with Crippen molar-refractivity contribution in [3.05, 3.63) is 59.2 Å². The second-order valence-corrected chi connectivity index (χ2v) is 8.29. The van der Waals surface area contributed by atoms with Crippen LogP contribution in [0, 0.1) is 0 Å². The van der Waals surface area contributed by atoms with Crippen molar-refractivity contribution in [1.29, 1.82) is 0 Å². The maximum absolute atomic E-state index is 13.2. The van der Waals surface area contributed by atoms with Crippen LogP contribution in [0.25, 0.3) is 11.1 Å². The summed E-state index contributed by atoms with van der Waals surface area (Å²) in [4.78, 5) is 37.2. The molecule has 1 heterocycles. The molecule has 28 heavy (non-hydrogen) atoms. The number of carbonyl (C=O) groups is 3. The quantitative estimate of drug-likeness (QED) is 0.579. The molecule has 0 saturated carbocycles. The lowest BCUT2D eigenvalue weighted by Crippen LogP contribution is -2.58. The minimum atomic E-state index is -1.03. The lowest BCUT2D eigenvalue weighted by Gasteiger charge is -2.43. The van der Waals surface area contributed by atoms with Crippen molar-refractivity contribution in [1.82, 2.24) is 0 Å². The molecular weight excluding hydrogens is 352 g/mol. The Balaban J connectivity index is 2.14. The summed E-state index contributed by atoms with van der Waals surface area (Å²) < 4.78 is 5.82. The molecule has 1 aliphatic heterocycles. The van der Waals surface area contributed by atoms with Crippen LogP contribution in [-0.4, -0.2) is 29.1 Å². The summed E-state index contributed by atoms with van der Waals surface area (Å²) in [5.41, 5.74) is 2.11. The van der Waals surface area contributed by atoms with E-state index in [2.05, 4.69) is 0 Å². The predicted molar refractivity (Wildman–Crippen MR) is 109 cm³/mol. The van der Waals surface area contributed by atoms with E-state index in [9.17, 15) is 14.4 Å². The van der Waals surface area contributed by atoms with Crippen molar-refractivity contribution >= 4 is 17.9 Å². The topological polar surface area (TPSA) is 60.4 Å². The van der Waals surface area contributed by atoms with Crippen LogP contribution in [0.15, 0.2) is 42.5 Å². The number of rotatable bonds is 4. The van der Waals surface area contributed by atoms with Gasteiger partial charge in [-0.2, -0.15) is 0 Å². The molecule has 4 nitrogen and oxygen atoms in total. The zero-order valence-corrected chi connectivity index (χ0v) is 17.0. The van der Waals surface area contributed by atoms with E-state index in [1.54, 1.807) is 39.8 Å². The molecule has 0 N–H and O–H groups in total. The zero-order valence-electron chi connectivity index (χ0n) is 17.0. The van der Waals surface area contributed by atoms with Gasteiger partial charge in [0.05, 0.1) is 0 Å². The van der Waals surface area contributed by atoms with Crippen LogP contribution in [0.5, 0.6) is 0 Å². The monoisotopic (exact) mass is 378 g/mol. The number of benzene rings is 2. The van der Waals surface area contributed by atoms with E-state index in [-0.39, 0.29) is 11.6 Å². The summed E-state index contributed by atoms with van der Waals surface area (Å²) in [6.07, 6.45) is 1.53. The zero-order chi connectivity index (χ0) is 20.7. The minimum absolute atomic E-state index is 0.208. The molecule has 0 amide bonds. The summed E-state index contributed by atoms with van der Waals surface area (Å²) in [5.74, 6) is -1.26. The van der Waals surface area contributed by atoms with Gasteiger partial charge < -0.3 is 4.74 Å². The second kappa shape index (κ2) is 7.10. The van der Waals surface area contributed by atoms with Crippen LogP contribution < -0.4 is 0 Å². The molecule has 1 fully saturated rings. The van der Waals surface area contributed by atoms with Crippen molar-refractivity contribution in [3.63, 3.8) is 0 Å². The average Bonchev–Trinajstić information content (AvgIpc) is 2.66. The third-order valence-electron chi connectivity index (χ3n) is 5.44. The van der Waals surface area contributed by atoms with E-state index in [0.29, 0.717) is 5.56 Å². The van der Waals surface area contributed by atoms with E-state index in [1.807, 2.05) is 37.3 Å². The van der Waals surface area contributed by atoms with Crippen LogP contribution in [0.1, 0.15) is 62.0 Å². The van der Waals surface area contributed by atoms with Crippen LogP contribution >= 0.6 is 0 Å². The van der Waals surface area contributed by atoms with Gasteiger partial charge in [0, 0.05) is 5.56 Å². The smallest absolute Gasteiger partial charge is 0.179 e. The van der Waals surface area contributed by atoms with Crippen LogP contribution in [0.2, 0.25) is 0 Å². The van der Waals surface area contributed by atoms with Crippen molar-refractivity contribution < 1.29 is 19.1 Å². The largest absolute Gasteiger partial charge is 0.354 e. The van der Waals surface area contributed by atoms with Gasteiger partial charge in [-0.15, -0.1) is 0 Å². The number of hydrogen-bond acceptors (Lipinski definition) is 4. The Morgan fingerprint density at radius 1 is 0.893 bits per heavy atom. The van der Waals surface area contributed by atoms with E-state index >= 15 is 0 Å². The van der Waals surface area contributed by atoms with Gasteiger partial charge >= 0.3 is 0 Å². The highest BCUT2D eigenvalue weighted by atomic mass is 16.5. The summed E-state index contributed by atoms with van der Waals surface area (Å²) in [5, 5.41) is 0. The summed E-state index contributed by atoms with van der Waals surface area (Å²) in [6, 6.07) is 13.2. The average molecular weight is 378 g/mol. The Morgan fingerprint density at radius 2 is 1.43 bits per heavy atom. The molecule has 0 atom stereocenters. The third kappa shape index (κ3) is 3.45. The fourth-order valence-corrected chi connectivity index (χ4v) is 3.95. The molecule has 1 saturated heterocycles. The van der Waals surface area contributed by atoms with Gasteiger partial charge in [0.15, 0.2) is 11.6 Å². The molecular formula is C24H26O4. The fraction of sp³-hybridized carbons (Fsp3) is 0.375. The van der Waals surface area contributed by atoms with Crippen molar-refractivity contribution in [2.75, 3.05) is 0 Å². The molecule has 2 aromatic carbocycles. The number of Topliss-reactive ketones (excluding diaryl/α,β-unsaturated/α-hetero) is 2. The molecule has 2 aromatic rings. The van der Waals surface area contributed by atoms with Gasteiger partial charge in [-0.3, -0.25) is 14.4 Å². The van der Waals surface area contributed by atoms with Crippen molar-refractivity contribution in [2.45, 2.75) is 58.2 Å². The van der Waals surface area contributed by atoms with Crippen LogP contribution in [0.3, 0.4) is 0 Å². The van der Waals surface area contributed by atoms with Crippen molar-refractivity contribution in [2.24, 2.45) is 0 Å². The lowest BCUT2D eigenvalue weighted by atomic mass is 9.73. The number of hydrogen-bond donors (Lipinski definition) is 0. The van der Waals surface area contributed by atoms with E-state index in [1.165, 1.54) is 0 Å². The molecule has 3 rings (SSSR count). The van der Waals surface area contributed by atoms with E-state index < -0.39 is 17.1 Å². The molecule has 1 aliphatic rings. The Morgan fingerprint density at radius 3 is 1.93 bits per heavy atom. The van der Waals surface area contributed by atoms with Gasteiger partial charge in [-0.05, 0) is 62.4 Å². The number of aryl methyl sites for hydroxylation is 1. The Hall–Kier alpha value is -2.59. The molecule has 146 valence electrons. The number of ether oxygens (including phenoxy) is 1. The highest BCUT2D eigenvalue weighted by Crippen LogP contribution is 2.40. The van der Waals surface area contributed by atoms with Crippen LogP contribution in [-0.2, 0) is 20.7 Å². The summed E-state index contributed by atoms with van der Waals surface area (Å²) >= 11 is 0. The molecule has 0 radical (unpaired) electrons. The molecule has 4 heteroatoms. The second-order valence-electron chi connectivity index (χ2n) is 8.29. The maximum atomic E-state index is 13.2.